The lowest BCUT2D eigenvalue weighted by Crippen LogP contribution is -2.30. The molecular formula is C37H66O6. The smallest absolute Gasteiger partial charge is 0.331 e. The van der Waals surface area contributed by atoms with Gasteiger partial charge in [-0.3, -0.25) is 9.59 Å². The minimum absolute atomic E-state index is 0.119. The topological polar surface area (TPSA) is 78.9 Å². The molecule has 0 spiro atoms. The average molecular weight is 607 g/mol. The van der Waals surface area contributed by atoms with E-state index in [4.69, 9.17) is 14.2 Å². The molecule has 0 aliphatic heterocycles. The lowest BCUT2D eigenvalue weighted by molar-refractivity contribution is -0.163. The zero-order valence-corrected chi connectivity index (χ0v) is 28.2. The van der Waals surface area contributed by atoms with E-state index >= 15 is 0 Å². The average Bonchev–Trinajstić information content (AvgIpc) is 3.00. The second-order valence-corrected chi connectivity index (χ2v) is 11.9. The molecule has 0 aliphatic rings. The largest absolute Gasteiger partial charge is 0.462 e. The van der Waals surface area contributed by atoms with Crippen molar-refractivity contribution in [2.75, 3.05) is 13.2 Å². The Labute approximate surface area is 264 Å². The van der Waals surface area contributed by atoms with Crippen molar-refractivity contribution >= 4 is 17.9 Å². The molecule has 0 aromatic rings. The monoisotopic (exact) mass is 606 g/mol. The zero-order chi connectivity index (χ0) is 31.6. The third-order valence-electron chi connectivity index (χ3n) is 7.65. The van der Waals surface area contributed by atoms with E-state index in [1.807, 2.05) is 6.92 Å². The second-order valence-electron chi connectivity index (χ2n) is 11.9. The molecule has 0 aromatic heterocycles. The molecule has 0 atom stereocenters. The van der Waals surface area contributed by atoms with Crippen LogP contribution < -0.4 is 0 Å². The number of allylic oxidation sites excluding steroid dienone is 3. The van der Waals surface area contributed by atoms with Gasteiger partial charge in [-0.05, 0) is 19.8 Å². The van der Waals surface area contributed by atoms with Gasteiger partial charge in [0.1, 0.15) is 13.2 Å². The van der Waals surface area contributed by atoms with Crippen LogP contribution in [-0.4, -0.2) is 37.2 Å². The predicted octanol–water partition coefficient (Wildman–Crippen LogP) is 10.5. The molecular weight excluding hydrogens is 540 g/mol. The maximum Gasteiger partial charge on any atom is 0.331 e. The van der Waals surface area contributed by atoms with E-state index in [0.29, 0.717) is 12.8 Å². The number of rotatable bonds is 31. The number of carbonyl (C=O) groups excluding carboxylic acids is 3. The first-order valence-corrected chi connectivity index (χ1v) is 17.8. The highest BCUT2D eigenvalue weighted by Crippen LogP contribution is 2.14. The van der Waals surface area contributed by atoms with E-state index in [-0.39, 0.29) is 25.2 Å². The molecule has 0 rings (SSSR count). The Balaban J connectivity index is 4.17. The summed E-state index contributed by atoms with van der Waals surface area (Å²) < 4.78 is 16.2. The van der Waals surface area contributed by atoms with Crippen LogP contribution in [0.15, 0.2) is 24.3 Å². The van der Waals surface area contributed by atoms with Gasteiger partial charge in [-0.2, -0.15) is 0 Å². The van der Waals surface area contributed by atoms with E-state index in [1.54, 1.807) is 18.2 Å². The Morgan fingerprint density at radius 3 is 1.21 bits per heavy atom. The molecule has 0 amide bonds. The third kappa shape index (κ3) is 31.1. The molecule has 0 radical (unpaired) electrons. The van der Waals surface area contributed by atoms with E-state index in [1.165, 1.54) is 109 Å². The van der Waals surface area contributed by atoms with Crippen LogP contribution in [0, 0.1) is 0 Å². The SMILES string of the molecule is C/C=C/C=C/C(=O)OC(COC(=O)CCCCCCCCCCCCC)COC(=O)CCCCCCCCCCCCC. The molecule has 0 aliphatic carbocycles. The molecule has 0 saturated heterocycles. The summed E-state index contributed by atoms with van der Waals surface area (Å²) in [5, 5.41) is 0. The molecule has 0 N–H and O–H groups in total. The first-order chi connectivity index (χ1) is 21.0. The van der Waals surface area contributed by atoms with Crippen molar-refractivity contribution in [1.29, 1.82) is 0 Å². The summed E-state index contributed by atoms with van der Waals surface area (Å²) >= 11 is 0. The van der Waals surface area contributed by atoms with Gasteiger partial charge in [-0.15, -0.1) is 0 Å². The van der Waals surface area contributed by atoms with Gasteiger partial charge in [0.25, 0.3) is 0 Å². The predicted molar refractivity (Wildman–Crippen MR) is 178 cm³/mol. The minimum atomic E-state index is -0.828. The summed E-state index contributed by atoms with van der Waals surface area (Å²) in [4.78, 5) is 36.7. The lowest BCUT2D eigenvalue weighted by Gasteiger charge is -2.17. The molecule has 0 aromatic carbocycles. The Bertz CT molecular complexity index is 672. The molecule has 6 heteroatoms. The van der Waals surface area contributed by atoms with Crippen LogP contribution in [0.4, 0.5) is 0 Å². The Morgan fingerprint density at radius 1 is 0.512 bits per heavy atom. The molecule has 0 bridgehead atoms. The van der Waals surface area contributed by atoms with Gasteiger partial charge < -0.3 is 14.2 Å². The number of esters is 3. The van der Waals surface area contributed by atoms with Gasteiger partial charge in [0.2, 0.25) is 0 Å². The van der Waals surface area contributed by atoms with E-state index < -0.39 is 12.1 Å². The number of ether oxygens (including phenoxy) is 3. The van der Waals surface area contributed by atoms with Crippen molar-refractivity contribution in [1.82, 2.24) is 0 Å². The van der Waals surface area contributed by atoms with E-state index in [9.17, 15) is 14.4 Å². The van der Waals surface area contributed by atoms with Crippen molar-refractivity contribution in [3.05, 3.63) is 24.3 Å². The maximum absolute atomic E-state index is 12.3. The van der Waals surface area contributed by atoms with E-state index in [2.05, 4.69) is 13.8 Å². The first kappa shape index (κ1) is 40.9. The fraction of sp³-hybridized carbons (Fsp3) is 0.811. The molecule has 250 valence electrons. The van der Waals surface area contributed by atoms with Crippen molar-refractivity contribution in [2.24, 2.45) is 0 Å². The van der Waals surface area contributed by atoms with Crippen LogP contribution in [0.3, 0.4) is 0 Å². The fourth-order valence-electron chi connectivity index (χ4n) is 4.95. The standard InChI is InChI=1S/C37H66O6/c1-4-7-10-12-14-16-18-20-22-24-27-29-35(38)41-32-34(43-37(40)31-26-9-6-3)33-42-36(39)30-28-25-23-21-19-17-15-13-11-8-5-2/h6,9,26,31,34H,4-5,7-8,10-25,27-30,32-33H2,1-3H3/b9-6+,31-26+. The highest BCUT2D eigenvalue weighted by Gasteiger charge is 2.18. The summed E-state index contributed by atoms with van der Waals surface area (Å²) in [5.41, 5.74) is 0. The Hall–Kier alpha value is -2.11. The summed E-state index contributed by atoms with van der Waals surface area (Å²) in [6.45, 7) is 6.10. The van der Waals surface area contributed by atoms with Crippen LogP contribution in [0.5, 0.6) is 0 Å². The van der Waals surface area contributed by atoms with Gasteiger partial charge in [0.05, 0.1) is 0 Å². The summed E-state index contributed by atoms with van der Waals surface area (Å²) in [6.07, 6.45) is 33.0. The van der Waals surface area contributed by atoms with Crippen molar-refractivity contribution in [3.63, 3.8) is 0 Å². The van der Waals surface area contributed by atoms with Gasteiger partial charge in [-0.25, -0.2) is 4.79 Å². The highest BCUT2D eigenvalue weighted by molar-refractivity contribution is 5.82. The summed E-state index contributed by atoms with van der Waals surface area (Å²) in [6, 6.07) is 0. The van der Waals surface area contributed by atoms with Gasteiger partial charge in [0.15, 0.2) is 6.10 Å². The van der Waals surface area contributed by atoms with Crippen LogP contribution in [0.2, 0.25) is 0 Å². The van der Waals surface area contributed by atoms with Crippen LogP contribution in [0.25, 0.3) is 0 Å². The maximum atomic E-state index is 12.3. The normalized spacial score (nSPS) is 11.5. The number of carbonyl (C=O) groups is 3. The van der Waals surface area contributed by atoms with Crippen LogP contribution in [-0.2, 0) is 28.6 Å². The number of hydrogen-bond acceptors (Lipinski definition) is 6. The van der Waals surface area contributed by atoms with Crippen LogP contribution >= 0.6 is 0 Å². The Kier molecular flexibility index (Phi) is 31.2. The minimum Gasteiger partial charge on any atom is -0.462 e. The molecule has 6 nitrogen and oxygen atoms in total. The lowest BCUT2D eigenvalue weighted by atomic mass is 10.1. The summed E-state index contributed by atoms with van der Waals surface area (Å²) in [5.74, 6) is -1.19. The van der Waals surface area contributed by atoms with Gasteiger partial charge in [-0.1, -0.05) is 160 Å². The molecule has 0 saturated carbocycles. The molecule has 0 unspecified atom stereocenters. The van der Waals surface area contributed by atoms with Crippen molar-refractivity contribution < 1.29 is 28.6 Å². The fourth-order valence-corrected chi connectivity index (χ4v) is 4.95. The first-order valence-electron chi connectivity index (χ1n) is 17.8. The second kappa shape index (κ2) is 32.8. The molecule has 43 heavy (non-hydrogen) atoms. The quantitative estimate of drug-likeness (QED) is 0.0257. The third-order valence-corrected chi connectivity index (χ3v) is 7.65. The van der Waals surface area contributed by atoms with Crippen LogP contribution in [0.1, 0.15) is 175 Å². The van der Waals surface area contributed by atoms with Crippen molar-refractivity contribution in [2.45, 2.75) is 181 Å². The van der Waals surface area contributed by atoms with Crippen molar-refractivity contribution in [3.8, 4) is 0 Å². The van der Waals surface area contributed by atoms with E-state index in [0.717, 1.165) is 38.5 Å². The zero-order valence-electron chi connectivity index (χ0n) is 28.2. The number of hydrogen-bond donors (Lipinski definition) is 0. The summed E-state index contributed by atoms with van der Waals surface area (Å²) in [7, 11) is 0. The van der Waals surface area contributed by atoms with Gasteiger partial charge >= 0.3 is 17.9 Å². The number of unbranched alkanes of at least 4 members (excludes halogenated alkanes) is 20. The molecule has 0 fully saturated rings. The highest BCUT2D eigenvalue weighted by atomic mass is 16.6. The van der Waals surface area contributed by atoms with Gasteiger partial charge in [0, 0.05) is 18.9 Å². The Morgan fingerprint density at radius 2 is 0.860 bits per heavy atom. The molecule has 0 heterocycles.